The van der Waals surface area contributed by atoms with Gasteiger partial charge < -0.3 is 44.6 Å². The van der Waals surface area contributed by atoms with Crippen molar-refractivity contribution in [2.24, 2.45) is 11.8 Å². The number of methoxy groups -OCH3 is 3. The summed E-state index contributed by atoms with van der Waals surface area (Å²) in [6, 6.07) is 25.7. The Morgan fingerprint density at radius 1 is 0.761 bits per heavy atom. The molecule has 2 aliphatic heterocycles. The quantitative estimate of drug-likeness (QED) is 0.0926. The van der Waals surface area contributed by atoms with Crippen molar-refractivity contribution in [3.8, 4) is 23.0 Å². The van der Waals surface area contributed by atoms with Gasteiger partial charge in [0.25, 0.3) is 5.91 Å². The molecule has 5 atom stereocenters. The highest BCUT2D eigenvalue weighted by molar-refractivity contribution is 6.09. The Morgan fingerprint density at radius 3 is 2.16 bits per heavy atom. The number of fused-ring (bicyclic) bond motifs is 6. The third-order valence-corrected chi connectivity index (χ3v) is 13.1. The van der Waals surface area contributed by atoms with Crippen LogP contribution in [-0.2, 0) is 23.8 Å². The zero-order valence-corrected chi connectivity index (χ0v) is 38.4. The number of ether oxygens (including phenoxy) is 3. The molecule has 7 aromatic rings. The van der Waals surface area contributed by atoms with Gasteiger partial charge in [-0.15, -0.1) is 5.92 Å². The SMILES string of the molecule is CC#Cc1cc2[nH]c([C@@H]3CCCN3C(=O)C(NC(=O)OC)C(C)C)nc2c2ccc(-c3ccc4c(ccc5[nH]c([C@@H]6C[C@H](COC)CN6C(=O)[C@H](NC(=O)OC)c6ccccc6)nc54)c3)cc12. The third-order valence-electron chi connectivity index (χ3n) is 13.1. The second kappa shape index (κ2) is 18.8. The molecule has 0 aliphatic carbocycles. The monoisotopic (exact) mass is 902 g/mol. The number of imidazole rings is 2. The Kier molecular flexibility index (Phi) is 12.6. The molecule has 4 N–H and O–H groups in total. The first-order valence-corrected chi connectivity index (χ1v) is 22.7. The normalized spacial score (nSPS) is 18.0. The molecule has 15 heteroatoms. The van der Waals surface area contributed by atoms with Gasteiger partial charge in [0.15, 0.2) is 0 Å². The maximum atomic E-state index is 14.4. The minimum atomic E-state index is -0.953. The average Bonchev–Trinajstić information content (AvgIpc) is 4.18. The van der Waals surface area contributed by atoms with E-state index in [0.29, 0.717) is 43.3 Å². The summed E-state index contributed by atoms with van der Waals surface area (Å²) in [5.41, 5.74) is 6.82. The van der Waals surface area contributed by atoms with E-state index in [0.717, 1.165) is 73.1 Å². The first-order valence-electron chi connectivity index (χ1n) is 22.7. The van der Waals surface area contributed by atoms with Crippen molar-refractivity contribution in [2.75, 3.05) is 41.0 Å². The molecule has 0 saturated carbocycles. The second-order valence-electron chi connectivity index (χ2n) is 17.7. The van der Waals surface area contributed by atoms with Crippen molar-refractivity contribution in [3.05, 3.63) is 108 Å². The fourth-order valence-corrected chi connectivity index (χ4v) is 9.90. The largest absolute Gasteiger partial charge is 0.453 e. The fourth-order valence-electron chi connectivity index (χ4n) is 9.90. The Labute approximate surface area is 387 Å². The molecule has 4 amide bonds. The Balaban J connectivity index is 1.03. The Bertz CT molecular complexity index is 3100. The molecule has 2 fully saturated rings. The molecule has 0 radical (unpaired) electrons. The summed E-state index contributed by atoms with van der Waals surface area (Å²) in [5.74, 6) is 7.27. The second-order valence-corrected chi connectivity index (χ2v) is 17.7. The highest BCUT2D eigenvalue weighted by atomic mass is 16.5. The Hall–Kier alpha value is -7.44. The summed E-state index contributed by atoms with van der Waals surface area (Å²) < 4.78 is 15.3. The molecule has 344 valence electrons. The maximum Gasteiger partial charge on any atom is 0.407 e. The molecule has 0 spiro atoms. The van der Waals surface area contributed by atoms with Gasteiger partial charge in [0, 0.05) is 47.8 Å². The summed E-state index contributed by atoms with van der Waals surface area (Å²) in [5, 5.41) is 9.36. The molecule has 9 rings (SSSR count). The lowest BCUT2D eigenvalue weighted by atomic mass is 9.95. The predicted molar refractivity (Wildman–Crippen MR) is 256 cm³/mol. The van der Waals surface area contributed by atoms with Crippen LogP contribution in [0.4, 0.5) is 9.59 Å². The van der Waals surface area contributed by atoms with Gasteiger partial charge in [-0.25, -0.2) is 19.6 Å². The topological polar surface area (TPSA) is 184 Å². The van der Waals surface area contributed by atoms with E-state index in [1.54, 1.807) is 12.0 Å². The number of aromatic amines is 2. The summed E-state index contributed by atoms with van der Waals surface area (Å²) in [6.07, 6.45) is 0.853. The van der Waals surface area contributed by atoms with E-state index in [9.17, 15) is 19.2 Å². The zero-order valence-electron chi connectivity index (χ0n) is 38.4. The lowest BCUT2D eigenvalue weighted by Crippen LogP contribution is -2.51. The van der Waals surface area contributed by atoms with E-state index in [2.05, 4.69) is 74.9 Å². The van der Waals surface area contributed by atoms with Crippen LogP contribution in [0.2, 0.25) is 0 Å². The number of hydrogen-bond donors (Lipinski definition) is 4. The van der Waals surface area contributed by atoms with Gasteiger partial charge in [0.2, 0.25) is 5.91 Å². The van der Waals surface area contributed by atoms with E-state index in [1.807, 2.05) is 68.1 Å². The van der Waals surface area contributed by atoms with Gasteiger partial charge >= 0.3 is 12.2 Å². The number of nitrogens with zero attached hydrogens (tertiary/aromatic N) is 4. The summed E-state index contributed by atoms with van der Waals surface area (Å²) >= 11 is 0. The first-order chi connectivity index (χ1) is 32.5. The number of carbonyl (C=O) groups excluding carboxylic acids is 4. The van der Waals surface area contributed by atoms with Crippen LogP contribution in [0, 0.1) is 23.7 Å². The molecular formula is C52H54N8O7. The van der Waals surface area contributed by atoms with Crippen LogP contribution in [-0.4, -0.2) is 101 Å². The number of benzene rings is 5. The molecule has 2 aliphatic rings. The highest BCUT2D eigenvalue weighted by Gasteiger charge is 2.42. The number of aromatic nitrogens is 4. The molecule has 5 aromatic carbocycles. The van der Waals surface area contributed by atoms with Crippen LogP contribution >= 0.6 is 0 Å². The smallest absolute Gasteiger partial charge is 0.407 e. The van der Waals surface area contributed by atoms with E-state index < -0.39 is 24.3 Å². The summed E-state index contributed by atoms with van der Waals surface area (Å²) in [6.45, 7) is 7.10. The van der Waals surface area contributed by atoms with E-state index in [4.69, 9.17) is 24.2 Å². The number of likely N-dealkylation sites (tertiary alicyclic amines) is 2. The number of hydrogen-bond acceptors (Lipinski definition) is 9. The van der Waals surface area contributed by atoms with E-state index in [-0.39, 0.29) is 35.7 Å². The fraction of sp³-hybridized carbons (Fsp3) is 0.346. The predicted octanol–water partition coefficient (Wildman–Crippen LogP) is 8.46. The van der Waals surface area contributed by atoms with Crippen molar-refractivity contribution >= 4 is 67.6 Å². The van der Waals surface area contributed by atoms with Crippen LogP contribution in [0.1, 0.15) is 80.9 Å². The van der Waals surface area contributed by atoms with Gasteiger partial charge in [0.1, 0.15) is 23.7 Å². The molecular weight excluding hydrogens is 849 g/mol. The van der Waals surface area contributed by atoms with Gasteiger partial charge in [-0.2, -0.15) is 0 Å². The molecule has 0 bridgehead atoms. The maximum absolute atomic E-state index is 14.4. The van der Waals surface area contributed by atoms with Crippen molar-refractivity contribution in [1.82, 2.24) is 40.4 Å². The molecule has 2 aromatic heterocycles. The van der Waals surface area contributed by atoms with E-state index in [1.165, 1.54) is 14.2 Å². The summed E-state index contributed by atoms with van der Waals surface area (Å²) in [7, 11) is 4.23. The molecule has 1 unspecified atom stereocenters. The highest BCUT2D eigenvalue weighted by Crippen LogP contribution is 2.40. The first kappa shape index (κ1) is 44.7. The van der Waals surface area contributed by atoms with Crippen LogP contribution in [0.15, 0.2) is 84.9 Å². The third kappa shape index (κ3) is 8.60. The molecule has 2 saturated heterocycles. The number of rotatable bonds is 11. The minimum Gasteiger partial charge on any atom is -0.453 e. The molecule has 4 heterocycles. The van der Waals surface area contributed by atoms with Crippen LogP contribution in [0.25, 0.3) is 54.7 Å². The molecule has 15 nitrogen and oxygen atoms in total. The van der Waals surface area contributed by atoms with Crippen LogP contribution in [0.5, 0.6) is 0 Å². The molecule has 67 heavy (non-hydrogen) atoms. The number of nitrogens with one attached hydrogen (secondary N) is 4. The zero-order chi connectivity index (χ0) is 46.9. The van der Waals surface area contributed by atoms with Gasteiger partial charge in [0.05, 0.1) is 55.0 Å². The van der Waals surface area contributed by atoms with Gasteiger partial charge in [-0.05, 0) is 78.4 Å². The minimum absolute atomic E-state index is 0.0622. The number of H-pyrrole nitrogens is 2. The van der Waals surface area contributed by atoms with E-state index >= 15 is 0 Å². The van der Waals surface area contributed by atoms with Crippen LogP contribution in [0.3, 0.4) is 0 Å². The summed E-state index contributed by atoms with van der Waals surface area (Å²) in [4.78, 5) is 73.9. The number of amides is 4. The van der Waals surface area contributed by atoms with Crippen molar-refractivity contribution in [3.63, 3.8) is 0 Å². The average molecular weight is 903 g/mol. The Morgan fingerprint density at radius 2 is 1.45 bits per heavy atom. The van der Waals surface area contributed by atoms with Crippen LogP contribution < -0.4 is 10.6 Å². The lowest BCUT2D eigenvalue weighted by Gasteiger charge is -2.29. The lowest BCUT2D eigenvalue weighted by molar-refractivity contribution is -0.136. The van der Waals surface area contributed by atoms with Crippen molar-refractivity contribution in [1.29, 1.82) is 0 Å². The van der Waals surface area contributed by atoms with Crippen molar-refractivity contribution in [2.45, 2.75) is 64.2 Å². The number of carbonyl (C=O) groups is 4. The van der Waals surface area contributed by atoms with Gasteiger partial charge in [-0.3, -0.25) is 9.59 Å². The van der Waals surface area contributed by atoms with Gasteiger partial charge in [-0.1, -0.05) is 80.4 Å². The standard InChI is InChI=1S/C52H54N8O7/c1-7-12-34-26-40-46(56-47(54-40)41-15-11-22-59(41)49(61)43(29(2)3)57-51(63)66-5)37-20-17-33(25-38(34)37)32-16-19-36-35(24-32)18-21-39-45(36)55-48(53-39)42-23-30(28-65-4)27-60(42)50(62)44(58-52(64)67-6)31-13-9-8-10-14-31/h8-10,13-14,16-21,24-26,29-30,41-44H,11,15,22-23,27-28H2,1-6H3,(H,53,55)(H,54,56)(H,57,63)(H,58,64)/t30-,41-,42-,43?,44+/m0/s1. The number of alkyl carbamates (subject to hydrolysis) is 2. The van der Waals surface area contributed by atoms with Crippen molar-refractivity contribution < 1.29 is 33.4 Å².